The molecule has 0 aromatic carbocycles. The SMILES string of the molecule is CCNC(=NCC1CCN(CC(F)(F)F)C1)N1CCCC(CC(N)=O)C1. The van der Waals surface area contributed by atoms with Crippen LogP contribution in [0.3, 0.4) is 0 Å². The fourth-order valence-electron chi connectivity index (χ4n) is 3.81. The molecular formula is C17H30F3N5O. The second-order valence-electron chi connectivity index (χ2n) is 7.32. The second-order valence-corrected chi connectivity index (χ2v) is 7.32. The van der Waals surface area contributed by atoms with E-state index in [2.05, 4.69) is 15.2 Å². The number of aliphatic imine (C=N–C) groups is 1. The molecule has 1 amide bonds. The minimum absolute atomic E-state index is 0.150. The van der Waals surface area contributed by atoms with E-state index in [4.69, 9.17) is 5.73 Å². The largest absolute Gasteiger partial charge is 0.401 e. The van der Waals surface area contributed by atoms with Crippen molar-refractivity contribution in [3.63, 3.8) is 0 Å². The topological polar surface area (TPSA) is 74.0 Å². The first-order valence-corrected chi connectivity index (χ1v) is 9.37. The summed E-state index contributed by atoms with van der Waals surface area (Å²) in [7, 11) is 0. The summed E-state index contributed by atoms with van der Waals surface area (Å²) < 4.78 is 37.5. The highest BCUT2D eigenvalue weighted by molar-refractivity contribution is 5.80. The summed E-state index contributed by atoms with van der Waals surface area (Å²) in [5, 5.41) is 3.27. The number of hydrogen-bond donors (Lipinski definition) is 2. The van der Waals surface area contributed by atoms with Crippen molar-refractivity contribution >= 4 is 11.9 Å². The Morgan fingerprint density at radius 3 is 2.65 bits per heavy atom. The Kier molecular flexibility index (Phi) is 7.55. The van der Waals surface area contributed by atoms with Gasteiger partial charge >= 0.3 is 6.18 Å². The first-order chi connectivity index (χ1) is 12.3. The number of primary amides is 1. The van der Waals surface area contributed by atoms with Crippen molar-refractivity contribution in [1.29, 1.82) is 0 Å². The monoisotopic (exact) mass is 377 g/mol. The van der Waals surface area contributed by atoms with Crippen LogP contribution in [0.4, 0.5) is 13.2 Å². The van der Waals surface area contributed by atoms with Crippen molar-refractivity contribution in [2.75, 3.05) is 45.8 Å². The molecular weight excluding hydrogens is 347 g/mol. The van der Waals surface area contributed by atoms with E-state index in [1.54, 1.807) is 0 Å². The normalized spacial score (nSPS) is 25.5. The molecule has 2 saturated heterocycles. The molecule has 0 radical (unpaired) electrons. The first kappa shape index (κ1) is 20.8. The average molecular weight is 377 g/mol. The molecule has 6 nitrogen and oxygen atoms in total. The Morgan fingerprint density at radius 2 is 2.00 bits per heavy atom. The summed E-state index contributed by atoms with van der Waals surface area (Å²) in [5.41, 5.74) is 5.31. The molecule has 2 aliphatic rings. The Bertz CT molecular complexity index is 497. The number of nitrogens with two attached hydrogens (primary N) is 1. The van der Waals surface area contributed by atoms with Crippen LogP contribution in [-0.4, -0.2) is 73.7 Å². The van der Waals surface area contributed by atoms with Crippen molar-refractivity contribution in [3.8, 4) is 0 Å². The van der Waals surface area contributed by atoms with Crippen LogP contribution < -0.4 is 11.1 Å². The molecule has 2 unspecified atom stereocenters. The van der Waals surface area contributed by atoms with E-state index < -0.39 is 12.7 Å². The predicted octanol–water partition coefficient (Wildman–Crippen LogP) is 1.42. The van der Waals surface area contributed by atoms with E-state index in [0.717, 1.165) is 44.9 Å². The maximum atomic E-state index is 12.5. The lowest BCUT2D eigenvalue weighted by Crippen LogP contribution is -2.47. The standard InChI is InChI=1S/C17H30F3N5O/c1-2-22-16(25-6-3-4-13(11-25)8-15(21)26)23-9-14-5-7-24(10-14)12-17(18,19)20/h13-14H,2-12H2,1H3,(H2,21,26)(H,22,23). The molecule has 9 heteroatoms. The van der Waals surface area contributed by atoms with E-state index in [1.165, 1.54) is 4.90 Å². The van der Waals surface area contributed by atoms with Crippen LogP contribution in [0.2, 0.25) is 0 Å². The van der Waals surface area contributed by atoms with Gasteiger partial charge in [-0.3, -0.25) is 14.7 Å². The van der Waals surface area contributed by atoms with Crippen LogP contribution in [0.25, 0.3) is 0 Å². The smallest absolute Gasteiger partial charge is 0.370 e. The van der Waals surface area contributed by atoms with Gasteiger partial charge in [-0.1, -0.05) is 0 Å². The van der Waals surface area contributed by atoms with Gasteiger partial charge in [-0.2, -0.15) is 13.2 Å². The Labute approximate surface area is 153 Å². The van der Waals surface area contributed by atoms with Gasteiger partial charge in [0.25, 0.3) is 0 Å². The Morgan fingerprint density at radius 1 is 1.23 bits per heavy atom. The fraction of sp³-hybridized carbons (Fsp3) is 0.882. The summed E-state index contributed by atoms with van der Waals surface area (Å²) in [6, 6.07) is 0. The zero-order chi connectivity index (χ0) is 19.2. The van der Waals surface area contributed by atoms with Gasteiger partial charge in [0, 0.05) is 39.1 Å². The summed E-state index contributed by atoms with van der Waals surface area (Å²) in [5.74, 6) is 0.890. The van der Waals surface area contributed by atoms with Gasteiger partial charge in [-0.05, 0) is 44.6 Å². The number of guanidine groups is 1. The molecule has 0 aromatic rings. The van der Waals surface area contributed by atoms with E-state index >= 15 is 0 Å². The van der Waals surface area contributed by atoms with Crippen molar-refractivity contribution in [1.82, 2.24) is 15.1 Å². The highest BCUT2D eigenvalue weighted by Gasteiger charge is 2.34. The van der Waals surface area contributed by atoms with E-state index in [9.17, 15) is 18.0 Å². The molecule has 2 rings (SSSR count). The third kappa shape index (κ3) is 7.01. The molecule has 0 aliphatic carbocycles. The molecule has 0 aromatic heterocycles. The number of hydrogen-bond acceptors (Lipinski definition) is 3. The maximum absolute atomic E-state index is 12.5. The lowest BCUT2D eigenvalue weighted by molar-refractivity contribution is -0.143. The quantitative estimate of drug-likeness (QED) is 0.542. The van der Waals surface area contributed by atoms with Crippen LogP contribution in [0.1, 0.15) is 32.6 Å². The van der Waals surface area contributed by atoms with Gasteiger partial charge in [0.05, 0.1) is 6.54 Å². The number of rotatable bonds is 6. The zero-order valence-electron chi connectivity index (χ0n) is 15.4. The van der Waals surface area contributed by atoms with Gasteiger partial charge in [-0.25, -0.2) is 0 Å². The first-order valence-electron chi connectivity index (χ1n) is 9.37. The van der Waals surface area contributed by atoms with Gasteiger partial charge in [-0.15, -0.1) is 0 Å². The molecule has 2 aliphatic heterocycles. The predicted molar refractivity (Wildman–Crippen MR) is 94.7 cm³/mol. The third-order valence-electron chi connectivity index (χ3n) is 4.92. The van der Waals surface area contributed by atoms with E-state index in [1.807, 2.05) is 6.92 Å². The molecule has 2 heterocycles. The molecule has 0 saturated carbocycles. The Hall–Kier alpha value is -1.51. The molecule has 150 valence electrons. The van der Waals surface area contributed by atoms with Crippen molar-refractivity contribution < 1.29 is 18.0 Å². The number of nitrogens with one attached hydrogen (secondary N) is 1. The summed E-state index contributed by atoms with van der Waals surface area (Å²) in [4.78, 5) is 19.4. The van der Waals surface area contributed by atoms with Gasteiger partial charge in [0.1, 0.15) is 0 Å². The van der Waals surface area contributed by atoms with Crippen LogP contribution in [0.15, 0.2) is 4.99 Å². The van der Waals surface area contributed by atoms with E-state index in [-0.39, 0.29) is 17.7 Å². The maximum Gasteiger partial charge on any atom is 0.401 e. The van der Waals surface area contributed by atoms with Crippen LogP contribution in [-0.2, 0) is 4.79 Å². The van der Waals surface area contributed by atoms with Gasteiger partial charge in [0.2, 0.25) is 5.91 Å². The molecule has 2 fully saturated rings. The molecule has 0 bridgehead atoms. The summed E-state index contributed by atoms with van der Waals surface area (Å²) in [6.07, 6.45) is -1.07. The molecule has 3 N–H and O–H groups in total. The molecule has 26 heavy (non-hydrogen) atoms. The number of carbonyl (C=O) groups excluding carboxylic acids is 1. The van der Waals surface area contributed by atoms with Crippen LogP contribution in [0.5, 0.6) is 0 Å². The molecule has 0 spiro atoms. The van der Waals surface area contributed by atoms with E-state index in [0.29, 0.717) is 26.1 Å². The van der Waals surface area contributed by atoms with Crippen molar-refractivity contribution in [2.45, 2.75) is 38.8 Å². The van der Waals surface area contributed by atoms with Gasteiger partial charge in [0.15, 0.2) is 5.96 Å². The number of alkyl halides is 3. The van der Waals surface area contributed by atoms with Crippen molar-refractivity contribution in [2.24, 2.45) is 22.6 Å². The summed E-state index contributed by atoms with van der Waals surface area (Å²) >= 11 is 0. The highest BCUT2D eigenvalue weighted by atomic mass is 19.4. The minimum atomic E-state index is -4.14. The number of nitrogens with zero attached hydrogens (tertiary/aromatic N) is 3. The number of amides is 1. The average Bonchev–Trinajstić information content (AvgIpc) is 2.96. The number of halogens is 3. The number of carbonyl (C=O) groups is 1. The van der Waals surface area contributed by atoms with Crippen LogP contribution >= 0.6 is 0 Å². The molecule has 2 atom stereocenters. The minimum Gasteiger partial charge on any atom is -0.370 e. The van der Waals surface area contributed by atoms with Crippen molar-refractivity contribution in [3.05, 3.63) is 0 Å². The fourth-order valence-corrected chi connectivity index (χ4v) is 3.81. The third-order valence-corrected chi connectivity index (χ3v) is 4.92. The summed E-state index contributed by atoms with van der Waals surface area (Å²) in [6.45, 7) is 4.91. The van der Waals surface area contributed by atoms with Gasteiger partial charge < -0.3 is 16.0 Å². The highest BCUT2D eigenvalue weighted by Crippen LogP contribution is 2.23. The number of likely N-dealkylation sites (tertiary alicyclic amines) is 2. The number of piperidine rings is 1. The lowest BCUT2D eigenvalue weighted by Gasteiger charge is -2.34. The lowest BCUT2D eigenvalue weighted by atomic mass is 9.95. The second kappa shape index (κ2) is 9.43. The Balaban J connectivity index is 1.89. The zero-order valence-corrected chi connectivity index (χ0v) is 15.4. The van der Waals surface area contributed by atoms with Crippen LogP contribution in [0, 0.1) is 11.8 Å².